The minimum atomic E-state index is -0.691. The molecule has 1 heterocycles. The molecule has 0 unspecified atom stereocenters. The zero-order valence-corrected chi connectivity index (χ0v) is 17.8. The van der Waals surface area contributed by atoms with E-state index >= 15 is 0 Å². The average molecular weight is 439 g/mol. The van der Waals surface area contributed by atoms with E-state index in [2.05, 4.69) is 0 Å². The summed E-state index contributed by atoms with van der Waals surface area (Å²) in [6.07, 6.45) is 4.95. The van der Waals surface area contributed by atoms with E-state index in [0.717, 1.165) is 10.8 Å². The van der Waals surface area contributed by atoms with Crippen LogP contribution >= 0.6 is 0 Å². The first-order chi connectivity index (χ1) is 16.0. The Bertz CT molecular complexity index is 1290. The Kier molecular flexibility index (Phi) is 5.34. The lowest BCUT2D eigenvalue weighted by Gasteiger charge is -2.15. The molecule has 6 nitrogen and oxygen atoms in total. The highest BCUT2D eigenvalue weighted by Gasteiger charge is 2.47. The Morgan fingerprint density at radius 2 is 1.52 bits per heavy atom. The fourth-order valence-corrected chi connectivity index (χ4v) is 4.59. The molecule has 2 amide bonds. The van der Waals surface area contributed by atoms with Crippen LogP contribution in [-0.4, -0.2) is 30.2 Å². The van der Waals surface area contributed by atoms with Crippen LogP contribution in [0.5, 0.6) is 0 Å². The zero-order valence-electron chi connectivity index (χ0n) is 17.8. The molecule has 1 aliphatic carbocycles. The third-order valence-electron chi connectivity index (χ3n) is 6.27. The molecular weight excluding hydrogens is 418 g/mol. The molecule has 0 radical (unpaired) electrons. The summed E-state index contributed by atoms with van der Waals surface area (Å²) in [6, 6.07) is 19.1. The molecule has 0 bridgehead atoms. The van der Waals surface area contributed by atoms with Crippen molar-refractivity contribution >= 4 is 40.0 Å². The topological polar surface area (TPSA) is 80.8 Å². The van der Waals surface area contributed by atoms with E-state index in [-0.39, 0.29) is 35.0 Å². The number of ketones is 1. The van der Waals surface area contributed by atoms with Gasteiger partial charge in [-0.2, -0.15) is 0 Å². The number of ether oxygens (including phenoxy) is 1. The largest absolute Gasteiger partial charge is 0.454 e. The highest BCUT2D eigenvalue weighted by Crippen LogP contribution is 2.37. The predicted octanol–water partition coefficient (Wildman–Crippen LogP) is 4.34. The molecule has 1 fully saturated rings. The van der Waals surface area contributed by atoms with Gasteiger partial charge in [0.05, 0.1) is 23.1 Å². The van der Waals surface area contributed by atoms with Crippen molar-refractivity contribution in [2.24, 2.45) is 11.8 Å². The van der Waals surface area contributed by atoms with Crippen molar-refractivity contribution < 1.29 is 23.9 Å². The number of rotatable bonds is 5. The van der Waals surface area contributed by atoms with E-state index in [4.69, 9.17) is 4.74 Å². The van der Waals surface area contributed by atoms with Crippen molar-refractivity contribution in [1.29, 1.82) is 0 Å². The van der Waals surface area contributed by atoms with Gasteiger partial charge < -0.3 is 4.74 Å². The van der Waals surface area contributed by atoms with Gasteiger partial charge in [0.15, 0.2) is 6.61 Å². The molecule has 164 valence electrons. The number of hydrogen-bond acceptors (Lipinski definition) is 5. The van der Waals surface area contributed by atoms with Crippen LogP contribution < -0.4 is 4.90 Å². The molecule has 33 heavy (non-hydrogen) atoms. The van der Waals surface area contributed by atoms with Crippen LogP contribution in [0.3, 0.4) is 0 Å². The molecule has 2 atom stereocenters. The van der Waals surface area contributed by atoms with Gasteiger partial charge in [-0.1, -0.05) is 60.7 Å². The SMILES string of the molecule is O=C(OCC(=O)c1cccc2ccccc12)c1cccc(N2C(=O)[C@@H]3CC=CC[C@H]3C2=O)c1. The molecule has 3 aromatic rings. The molecule has 0 spiro atoms. The molecule has 0 aromatic heterocycles. The van der Waals surface area contributed by atoms with Crippen LogP contribution in [-0.2, 0) is 14.3 Å². The summed E-state index contributed by atoms with van der Waals surface area (Å²) in [4.78, 5) is 52.2. The first kappa shape index (κ1) is 20.8. The summed E-state index contributed by atoms with van der Waals surface area (Å²) in [6.45, 7) is -0.408. The fourth-order valence-electron chi connectivity index (χ4n) is 4.59. The monoisotopic (exact) mass is 439 g/mol. The van der Waals surface area contributed by atoms with Crippen LogP contribution in [0.4, 0.5) is 5.69 Å². The lowest BCUT2D eigenvalue weighted by molar-refractivity contribution is -0.122. The molecule has 1 saturated heterocycles. The number of nitrogens with zero attached hydrogens (tertiary/aromatic N) is 1. The van der Waals surface area contributed by atoms with Crippen molar-refractivity contribution in [3.05, 3.63) is 90.0 Å². The Morgan fingerprint density at radius 3 is 2.27 bits per heavy atom. The van der Waals surface area contributed by atoms with E-state index in [0.29, 0.717) is 24.1 Å². The molecule has 2 aliphatic rings. The summed E-state index contributed by atoms with van der Waals surface area (Å²) < 4.78 is 5.27. The van der Waals surface area contributed by atoms with E-state index in [9.17, 15) is 19.2 Å². The van der Waals surface area contributed by atoms with Gasteiger partial charge in [0, 0.05) is 5.56 Å². The first-order valence-electron chi connectivity index (χ1n) is 10.9. The zero-order chi connectivity index (χ0) is 22.9. The van der Waals surface area contributed by atoms with E-state index in [1.54, 1.807) is 24.3 Å². The Labute approximate surface area is 190 Å². The molecule has 1 aliphatic heterocycles. The summed E-state index contributed by atoms with van der Waals surface area (Å²) in [5.41, 5.74) is 1.00. The standard InChI is InChI=1S/C27H21NO5/c29-24(21-14-6-8-17-7-1-2-11-20(17)21)16-33-27(32)18-9-5-10-19(15-18)28-25(30)22-12-3-4-13-23(22)26(28)31/h1-11,14-15,22-23H,12-13,16H2/t22-,23-/m1/s1. The van der Waals surface area contributed by atoms with Crippen molar-refractivity contribution in [3.8, 4) is 0 Å². The van der Waals surface area contributed by atoms with Gasteiger partial charge in [0.2, 0.25) is 17.6 Å². The van der Waals surface area contributed by atoms with Gasteiger partial charge in [-0.25, -0.2) is 4.79 Å². The van der Waals surface area contributed by atoms with Gasteiger partial charge in [-0.3, -0.25) is 19.3 Å². The predicted molar refractivity (Wildman–Crippen MR) is 123 cm³/mol. The van der Waals surface area contributed by atoms with Gasteiger partial charge in [0.1, 0.15) is 0 Å². The van der Waals surface area contributed by atoms with E-state index < -0.39 is 12.6 Å². The number of anilines is 1. The molecular formula is C27H21NO5. The van der Waals surface area contributed by atoms with Crippen LogP contribution in [0, 0.1) is 11.8 Å². The molecule has 5 rings (SSSR count). The Hall–Kier alpha value is -4.06. The van der Waals surface area contributed by atoms with Crippen LogP contribution in [0.2, 0.25) is 0 Å². The number of allylic oxidation sites excluding steroid dienone is 2. The molecule has 0 N–H and O–H groups in total. The number of hydrogen-bond donors (Lipinski definition) is 0. The van der Waals surface area contributed by atoms with Crippen LogP contribution in [0.25, 0.3) is 10.8 Å². The van der Waals surface area contributed by atoms with Gasteiger partial charge >= 0.3 is 5.97 Å². The fraction of sp³-hybridized carbons (Fsp3) is 0.185. The third kappa shape index (κ3) is 3.74. The second-order valence-electron chi connectivity index (χ2n) is 8.24. The quantitative estimate of drug-likeness (QED) is 0.256. The summed E-state index contributed by atoms with van der Waals surface area (Å²) in [5, 5.41) is 1.73. The molecule has 3 aromatic carbocycles. The maximum absolute atomic E-state index is 12.8. The lowest BCUT2D eigenvalue weighted by atomic mass is 9.85. The molecule has 6 heteroatoms. The second kappa shape index (κ2) is 8.47. The number of carbonyl (C=O) groups is 4. The summed E-state index contributed by atoms with van der Waals surface area (Å²) in [7, 11) is 0. The number of carbonyl (C=O) groups excluding carboxylic acids is 4. The number of benzene rings is 3. The number of imide groups is 1. The minimum absolute atomic E-state index is 0.173. The second-order valence-corrected chi connectivity index (χ2v) is 8.24. The summed E-state index contributed by atoms with van der Waals surface area (Å²) >= 11 is 0. The number of fused-ring (bicyclic) bond motifs is 2. The summed E-state index contributed by atoms with van der Waals surface area (Å²) in [5.74, 6) is -2.19. The smallest absolute Gasteiger partial charge is 0.338 e. The number of Topliss-reactive ketones (excluding diaryl/α,β-unsaturated/α-hetero) is 1. The van der Waals surface area contributed by atoms with Crippen LogP contribution in [0.1, 0.15) is 33.6 Å². The van der Waals surface area contributed by atoms with Gasteiger partial charge in [0.25, 0.3) is 0 Å². The lowest BCUT2D eigenvalue weighted by Crippen LogP contribution is -2.31. The highest BCUT2D eigenvalue weighted by molar-refractivity contribution is 6.22. The van der Waals surface area contributed by atoms with E-state index in [1.165, 1.54) is 17.0 Å². The first-order valence-corrected chi connectivity index (χ1v) is 10.9. The minimum Gasteiger partial charge on any atom is -0.454 e. The van der Waals surface area contributed by atoms with Gasteiger partial charge in [-0.15, -0.1) is 0 Å². The van der Waals surface area contributed by atoms with Gasteiger partial charge in [-0.05, 0) is 41.8 Å². The van der Waals surface area contributed by atoms with Crippen molar-refractivity contribution in [3.63, 3.8) is 0 Å². The number of amides is 2. The van der Waals surface area contributed by atoms with E-state index in [1.807, 2.05) is 42.5 Å². The van der Waals surface area contributed by atoms with Crippen molar-refractivity contribution in [2.75, 3.05) is 11.5 Å². The molecule has 0 saturated carbocycles. The Morgan fingerprint density at radius 1 is 0.848 bits per heavy atom. The average Bonchev–Trinajstić information content (AvgIpc) is 3.12. The highest BCUT2D eigenvalue weighted by atomic mass is 16.5. The third-order valence-corrected chi connectivity index (χ3v) is 6.27. The normalized spacial score (nSPS) is 19.6. The van der Waals surface area contributed by atoms with Crippen molar-refractivity contribution in [2.45, 2.75) is 12.8 Å². The maximum Gasteiger partial charge on any atom is 0.338 e. The maximum atomic E-state index is 12.8. The van der Waals surface area contributed by atoms with Crippen LogP contribution in [0.15, 0.2) is 78.9 Å². The Balaban J connectivity index is 1.31. The van der Waals surface area contributed by atoms with Crippen molar-refractivity contribution in [1.82, 2.24) is 0 Å². The number of esters is 1.